The summed E-state index contributed by atoms with van der Waals surface area (Å²) in [7, 11) is 1.37. The Morgan fingerprint density at radius 1 is 1.58 bits per heavy atom. The molecule has 0 spiro atoms. The summed E-state index contributed by atoms with van der Waals surface area (Å²) in [5, 5.41) is 8.59. The first-order chi connectivity index (χ1) is 5.77. The molecular formula is C8H12N2O2. The number of hydrogen-bond donors (Lipinski definition) is 0. The molecule has 0 bridgehead atoms. The van der Waals surface area contributed by atoms with Crippen molar-refractivity contribution >= 4 is 6.09 Å². The molecule has 0 N–H and O–H groups in total. The molecule has 66 valence electrons. The van der Waals surface area contributed by atoms with Gasteiger partial charge in [-0.05, 0) is 12.8 Å². The second-order valence-electron chi connectivity index (χ2n) is 2.86. The van der Waals surface area contributed by atoms with Gasteiger partial charge in [-0.1, -0.05) is 0 Å². The first kappa shape index (κ1) is 8.85. The first-order valence-electron chi connectivity index (χ1n) is 4.00. The van der Waals surface area contributed by atoms with E-state index in [9.17, 15) is 4.79 Å². The van der Waals surface area contributed by atoms with Crippen LogP contribution in [0.1, 0.15) is 12.8 Å². The van der Waals surface area contributed by atoms with E-state index in [1.165, 1.54) is 7.11 Å². The standard InChI is InChI=1S/C8H12N2O2/c1-12-8(11)10-4-2-7(6-9)3-5-10/h7H,2-5H2,1H3. The van der Waals surface area contributed by atoms with Gasteiger partial charge in [0.25, 0.3) is 0 Å². The van der Waals surface area contributed by atoms with Gasteiger partial charge in [0, 0.05) is 19.0 Å². The summed E-state index contributed by atoms with van der Waals surface area (Å²) in [6.45, 7) is 1.29. The van der Waals surface area contributed by atoms with Crippen LogP contribution in [0.4, 0.5) is 4.79 Å². The van der Waals surface area contributed by atoms with Gasteiger partial charge in [0.05, 0.1) is 13.2 Å². The van der Waals surface area contributed by atoms with Crippen molar-refractivity contribution < 1.29 is 9.53 Å². The molecular weight excluding hydrogens is 156 g/mol. The molecule has 1 aliphatic heterocycles. The lowest BCUT2D eigenvalue weighted by Gasteiger charge is -2.27. The summed E-state index contributed by atoms with van der Waals surface area (Å²) in [5.74, 6) is 0.117. The van der Waals surface area contributed by atoms with Crippen LogP contribution < -0.4 is 0 Å². The Kier molecular flexibility index (Phi) is 2.92. The van der Waals surface area contributed by atoms with Gasteiger partial charge in [0.1, 0.15) is 0 Å². The number of carbonyl (C=O) groups is 1. The van der Waals surface area contributed by atoms with Crippen molar-refractivity contribution in [3.8, 4) is 6.07 Å². The molecule has 1 fully saturated rings. The van der Waals surface area contributed by atoms with Crippen molar-refractivity contribution in [3.05, 3.63) is 0 Å². The van der Waals surface area contributed by atoms with Crippen molar-refractivity contribution in [3.63, 3.8) is 0 Å². The van der Waals surface area contributed by atoms with E-state index in [0.717, 1.165) is 12.8 Å². The van der Waals surface area contributed by atoms with Crippen LogP contribution in [0.15, 0.2) is 0 Å². The molecule has 0 aliphatic carbocycles. The Morgan fingerprint density at radius 2 is 2.17 bits per heavy atom. The van der Waals surface area contributed by atoms with Gasteiger partial charge in [-0.3, -0.25) is 0 Å². The molecule has 0 saturated carbocycles. The molecule has 0 aromatic rings. The van der Waals surface area contributed by atoms with Gasteiger partial charge in [-0.25, -0.2) is 4.79 Å². The Bertz CT molecular complexity index is 202. The molecule has 0 atom stereocenters. The minimum Gasteiger partial charge on any atom is -0.453 e. The van der Waals surface area contributed by atoms with E-state index < -0.39 is 0 Å². The number of hydrogen-bond acceptors (Lipinski definition) is 3. The summed E-state index contributed by atoms with van der Waals surface area (Å²) in [4.78, 5) is 12.6. The maximum absolute atomic E-state index is 11.0. The molecule has 4 nitrogen and oxygen atoms in total. The fourth-order valence-corrected chi connectivity index (χ4v) is 1.32. The number of likely N-dealkylation sites (tertiary alicyclic amines) is 1. The van der Waals surface area contributed by atoms with Crippen molar-refractivity contribution in [2.75, 3.05) is 20.2 Å². The number of nitriles is 1. The number of ether oxygens (including phenoxy) is 1. The zero-order valence-corrected chi connectivity index (χ0v) is 7.12. The van der Waals surface area contributed by atoms with Crippen LogP contribution in [0.3, 0.4) is 0 Å². The average Bonchev–Trinajstić information content (AvgIpc) is 2.17. The minimum atomic E-state index is -0.286. The topological polar surface area (TPSA) is 53.3 Å². The van der Waals surface area contributed by atoms with Gasteiger partial charge in [0.2, 0.25) is 0 Å². The molecule has 0 aromatic heterocycles. The van der Waals surface area contributed by atoms with Crippen LogP contribution in [0.5, 0.6) is 0 Å². The van der Waals surface area contributed by atoms with Crippen molar-refractivity contribution in [2.45, 2.75) is 12.8 Å². The predicted molar refractivity (Wildman–Crippen MR) is 42.3 cm³/mol. The summed E-state index contributed by atoms with van der Waals surface area (Å²) < 4.78 is 4.56. The quantitative estimate of drug-likeness (QED) is 0.542. The number of amides is 1. The molecule has 1 amide bonds. The molecule has 0 aromatic carbocycles. The Labute approximate surface area is 71.7 Å². The molecule has 0 unspecified atom stereocenters. The lowest BCUT2D eigenvalue weighted by molar-refractivity contribution is 0.111. The highest BCUT2D eigenvalue weighted by molar-refractivity contribution is 5.67. The Balaban J connectivity index is 2.37. The first-order valence-corrected chi connectivity index (χ1v) is 4.00. The maximum Gasteiger partial charge on any atom is 0.409 e. The lowest BCUT2D eigenvalue weighted by Crippen LogP contribution is -2.38. The molecule has 1 rings (SSSR count). The van der Waals surface area contributed by atoms with Crippen LogP contribution in [0.2, 0.25) is 0 Å². The van der Waals surface area contributed by atoms with Crippen LogP contribution in [-0.4, -0.2) is 31.2 Å². The second kappa shape index (κ2) is 3.96. The van der Waals surface area contributed by atoms with Crippen molar-refractivity contribution in [1.82, 2.24) is 4.90 Å². The summed E-state index contributed by atoms with van der Waals surface area (Å²) in [6.07, 6.45) is 1.25. The number of carbonyl (C=O) groups excluding carboxylic acids is 1. The van der Waals surface area contributed by atoms with Crippen molar-refractivity contribution in [2.24, 2.45) is 5.92 Å². The van der Waals surface area contributed by atoms with Gasteiger partial charge >= 0.3 is 6.09 Å². The average molecular weight is 168 g/mol. The second-order valence-corrected chi connectivity index (χ2v) is 2.86. The molecule has 1 aliphatic rings. The van der Waals surface area contributed by atoms with E-state index in [0.29, 0.717) is 13.1 Å². The molecule has 1 saturated heterocycles. The normalized spacial score (nSPS) is 18.5. The van der Waals surface area contributed by atoms with Crippen LogP contribution in [0.25, 0.3) is 0 Å². The van der Waals surface area contributed by atoms with E-state index in [-0.39, 0.29) is 12.0 Å². The third kappa shape index (κ3) is 1.88. The highest BCUT2D eigenvalue weighted by Gasteiger charge is 2.22. The SMILES string of the molecule is COC(=O)N1CCC(C#N)CC1. The summed E-state index contributed by atoms with van der Waals surface area (Å²) in [5.41, 5.74) is 0. The highest BCUT2D eigenvalue weighted by Crippen LogP contribution is 2.16. The van der Waals surface area contributed by atoms with Gasteiger partial charge in [-0.15, -0.1) is 0 Å². The van der Waals surface area contributed by atoms with Gasteiger partial charge in [-0.2, -0.15) is 5.26 Å². The molecule has 0 radical (unpaired) electrons. The molecule has 12 heavy (non-hydrogen) atoms. The monoisotopic (exact) mass is 168 g/mol. The van der Waals surface area contributed by atoms with Gasteiger partial charge in [0.15, 0.2) is 0 Å². The Hall–Kier alpha value is -1.24. The number of piperidine rings is 1. The smallest absolute Gasteiger partial charge is 0.409 e. The minimum absolute atomic E-state index is 0.117. The van der Waals surface area contributed by atoms with Crippen LogP contribution in [0, 0.1) is 17.2 Å². The zero-order valence-electron chi connectivity index (χ0n) is 7.12. The number of rotatable bonds is 0. The largest absolute Gasteiger partial charge is 0.453 e. The van der Waals surface area contributed by atoms with Gasteiger partial charge < -0.3 is 9.64 Å². The fourth-order valence-electron chi connectivity index (χ4n) is 1.32. The molecule has 1 heterocycles. The third-order valence-electron chi connectivity index (χ3n) is 2.11. The van der Waals surface area contributed by atoms with E-state index in [1.54, 1.807) is 4.90 Å². The fraction of sp³-hybridized carbons (Fsp3) is 0.750. The Morgan fingerprint density at radius 3 is 2.58 bits per heavy atom. The van der Waals surface area contributed by atoms with E-state index in [4.69, 9.17) is 5.26 Å². The summed E-state index contributed by atoms with van der Waals surface area (Å²) >= 11 is 0. The van der Waals surface area contributed by atoms with E-state index >= 15 is 0 Å². The third-order valence-corrected chi connectivity index (χ3v) is 2.11. The van der Waals surface area contributed by atoms with E-state index in [2.05, 4.69) is 10.8 Å². The zero-order chi connectivity index (χ0) is 8.97. The van der Waals surface area contributed by atoms with Crippen LogP contribution in [-0.2, 0) is 4.74 Å². The van der Waals surface area contributed by atoms with E-state index in [1.807, 2.05) is 0 Å². The number of nitrogens with zero attached hydrogens (tertiary/aromatic N) is 2. The lowest BCUT2D eigenvalue weighted by atomic mass is 9.99. The maximum atomic E-state index is 11.0. The predicted octanol–water partition coefficient (Wildman–Crippen LogP) is 0.988. The van der Waals surface area contributed by atoms with Crippen molar-refractivity contribution in [1.29, 1.82) is 5.26 Å². The number of methoxy groups -OCH3 is 1. The molecule has 4 heteroatoms. The highest BCUT2D eigenvalue weighted by atomic mass is 16.5. The summed E-state index contributed by atoms with van der Waals surface area (Å²) in [6, 6.07) is 2.20. The van der Waals surface area contributed by atoms with Crippen LogP contribution >= 0.6 is 0 Å².